The van der Waals surface area contributed by atoms with Gasteiger partial charge < -0.3 is 10.4 Å². The van der Waals surface area contributed by atoms with Crippen LogP contribution in [0.3, 0.4) is 0 Å². The van der Waals surface area contributed by atoms with E-state index in [4.69, 9.17) is 5.11 Å². The van der Waals surface area contributed by atoms with Gasteiger partial charge in [-0.1, -0.05) is 0 Å². The number of nitrogens with one attached hydrogen (secondary N) is 1. The van der Waals surface area contributed by atoms with E-state index in [1.54, 1.807) is 6.92 Å². The van der Waals surface area contributed by atoms with Crippen molar-refractivity contribution in [2.45, 2.75) is 25.7 Å². The van der Waals surface area contributed by atoms with Crippen molar-refractivity contribution in [1.29, 1.82) is 0 Å². The molecule has 20 heavy (non-hydrogen) atoms. The van der Waals surface area contributed by atoms with Gasteiger partial charge in [0.15, 0.2) is 0 Å². The van der Waals surface area contributed by atoms with Gasteiger partial charge in [-0.05, 0) is 19.8 Å². The van der Waals surface area contributed by atoms with Gasteiger partial charge in [0.1, 0.15) is 6.61 Å². The lowest BCUT2D eigenvalue weighted by Gasteiger charge is -2.30. The quantitative estimate of drug-likeness (QED) is 0.710. The highest BCUT2D eigenvalue weighted by Gasteiger charge is 2.33. The Morgan fingerprint density at radius 3 is 2.40 bits per heavy atom. The lowest BCUT2D eigenvalue weighted by Crippen LogP contribution is -2.46. The third kappa shape index (κ3) is 4.64. The van der Waals surface area contributed by atoms with Gasteiger partial charge in [0, 0.05) is 19.0 Å². The normalized spacial score (nSPS) is 19.0. The number of piperidine rings is 1. The molecule has 1 heterocycles. The van der Waals surface area contributed by atoms with E-state index in [2.05, 4.69) is 5.32 Å². The molecule has 0 aliphatic carbocycles. The summed E-state index contributed by atoms with van der Waals surface area (Å²) in [7, 11) is -3.26. The molecule has 0 radical (unpaired) electrons. The first-order chi connectivity index (χ1) is 9.22. The molecule has 1 rings (SSSR count). The highest BCUT2D eigenvalue weighted by molar-refractivity contribution is 7.89. The van der Waals surface area contributed by atoms with Crippen LogP contribution in [0.2, 0.25) is 0 Å². The summed E-state index contributed by atoms with van der Waals surface area (Å²) < 4.78 is 50.2. The molecule has 0 spiro atoms. The van der Waals surface area contributed by atoms with E-state index in [0.29, 0.717) is 12.8 Å². The summed E-state index contributed by atoms with van der Waals surface area (Å²) in [4.78, 5) is 11.7. The van der Waals surface area contributed by atoms with E-state index in [1.807, 2.05) is 0 Å². The average Bonchev–Trinajstić information content (AvgIpc) is 2.45. The highest BCUT2D eigenvalue weighted by Crippen LogP contribution is 2.20. The number of halogens is 2. The summed E-state index contributed by atoms with van der Waals surface area (Å²) in [5, 5.41) is 10.5. The molecular weight excluding hydrogens is 294 g/mol. The zero-order valence-corrected chi connectivity index (χ0v) is 12.1. The summed E-state index contributed by atoms with van der Waals surface area (Å²) >= 11 is 0. The Kier molecular flexibility index (Phi) is 5.84. The van der Waals surface area contributed by atoms with E-state index in [-0.39, 0.29) is 18.8 Å². The summed E-state index contributed by atoms with van der Waals surface area (Å²) in [6.45, 7) is -0.226. The Morgan fingerprint density at radius 1 is 1.40 bits per heavy atom. The summed E-state index contributed by atoms with van der Waals surface area (Å²) in [6.07, 6.45) is 0.630. The van der Waals surface area contributed by atoms with Crippen molar-refractivity contribution < 1.29 is 27.1 Å². The number of aliphatic hydroxyl groups is 1. The SMILES string of the molecule is CCS(=O)(=O)N1CCC(C(=O)NCC(F)(F)CO)CC1. The van der Waals surface area contributed by atoms with Crippen molar-refractivity contribution in [2.75, 3.05) is 32.0 Å². The van der Waals surface area contributed by atoms with Crippen LogP contribution in [0.1, 0.15) is 19.8 Å². The minimum Gasteiger partial charge on any atom is -0.390 e. The molecule has 0 aromatic heterocycles. The van der Waals surface area contributed by atoms with Gasteiger partial charge in [-0.25, -0.2) is 21.5 Å². The van der Waals surface area contributed by atoms with Gasteiger partial charge in [-0.15, -0.1) is 0 Å². The fourth-order valence-corrected chi connectivity index (χ4v) is 3.13. The zero-order chi connectivity index (χ0) is 15.4. The number of carbonyl (C=O) groups excluding carboxylic acids is 1. The Labute approximate surface area is 117 Å². The predicted octanol–water partition coefficient (Wildman–Crippen LogP) is -0.208. The minimum atomic E-state index is -3.33. The number of sulfonamides is 1. The second-order valence-electron chi connectivity index (χ2n) is 4.81. The largest absolute Gasteiger partial charge is 0.390 e. The molecular formula is C11H20F2N2O4S. The molecule has 0 bridgehead atoms. The lowest BCUT2D eigenvalue weighted by molar-refractivity contribution is -0.129. The Morgan fingerprint density at radius 2 is 1.95 bits per heavy atom. The van der Waals surface area contributed by atoms with Crippen molar-refractivity contribution in [2.24, 2.45) is 5.92 Å². The molecule has 1 aliphatic rings. The average molecular weight is 314 g/mol. The minimum absolute atomic E-state index is 0.00653. The maximum Gasteiger partial charge on any atom is 0.287 e. The number of rotatable bonds is 6. The maximum atomic E-state index is 12.8. The van der Waals surface area contributed by atoms with Crippen LogP contribution in [0, 0.1) is 5.92 Å². The van der Waals surface area contributed by atoms with E-state index in [9.17, 15) is 22.0 Å². The Balaban J connectivity index is 2.44. The van der Waals surface area contributed by atoms with Crippen LogP contribution >= 0.6 is 0 Å². The van der Waals surface area contributed by atoms with Crippen molar-refractivity contribution in [1.82, 2.24) is 9.62 Å². The van der Waals surface area contributed by atoms with Crippen molar-refractivity contribution in [3.05, 3.63) is 0 Å². The molecule has 9 heteroatoms. The summed E-state index contributed by atoms with van der Waals surface area (Å²) in [6, 6.07) is 0. The number of amides is 1. The first kappa shape index (κ1) is 17.3. The molecule has 2 N–H and O–H groups in total. The van der Waals surface area contributed by atoms with Gasteiger partial charge in [0.25, 0.3) is 5.92 Å². The summed E-state index contributed by atoms with van der Waals surface area (Å²) in [5.41, 5.74) is 0. The third-order valence-corrected chi connectivity index (χ3v) is 5.22. The molecule has 1 amide bonds. The topological polar surface area (TPSA) is 86.7 Å². The maximum absolute atomic E-state index is 12.8. The number of alkyl halides is 2. The zero-order valence-electron chi connectivity index (χ0n) is 11.3. The fourth-order valence-electron chi connectivity index (χ4n) is 2.00. The van der Waals surface area contributed by atoms with E-state index >= 15 is 0 Å². The molecule has 6 nitrogen and oxygen atoms in total. The van der Waals surface area contributed by atoms with Gasteiger partial charge >= 0.3 is 0 Å². The second kappa shape index (κ2) is 6.77. The van der Waals surface area contributed by atoms with Crippen LogP contribution in [-0.2, 0) is 14.8 Å². The van der Waals surface area contributed by atoms with Crippen molar-refractivity contribution in [3.63, 3.8) is 0 Å². The Hall–Kier alpha value is -0.800. The van der Waals surface area contributed by atoms with Crippen LogP contribution in [0.5, 0.6) is 0 Å². The van der Waals surface area contributed by atoms with Crippen molar-refractivity contribution >= 4 is 15.9 Å². The van der Waals surface area contributed by atoms with Crippen LogP contribution in [0.15, 0.2) is 0 Å². The molecule has 1 saturated heterocycles. The van der Waals surface area contributed by atoms with E-state index < -0.39 is 40.9 Å². The molecule has 0 aromatic carbocycles. The van der Waals surface area contributed by atoms with Gasteiger partial charge in [0.2, 0.25) is 15.9 Å². The van der Waals surface area contributed by atoms with Gasteiger partial charge in [0.05, 0.1) is 12.3 Å². The molecule has 0 atom stereocenters. The first-order valence-electron chi connectivity index (χ1n) is 6.46. The number of hydrogen-bond acceptors (Lipinski definition) is 4. The highest BCUT2D eigenvalue weighted by atomic mass is 32.2. The molecule has 1 aliphatic heterocycles. The number of carbonyl (C=O) groups is 1. The number of nitrogens with zero attached hydrogens (tertiary/aromatic N) is 1. The smallest absolute Gasteiger partial charge is 0.287 e. The molecule has 0 saturated carbocycles. The predicted molar refractivity (Wildman–Crippen MR) is 68.8 cm³/mol. The molecule has 118 valence electrons. The first-order valence-corrected chi connectivity index (χ1v) is 8.07. The third-order valence-electron chi connectivity index (χ3n) is 3.34. The van der Waals surface area contributed by atoms with Gasteiger partial charge in [-0.2, -0.15) is 0 Å². The number of hydrogen-bond donors (Lipinski definition) is 2. The van der Waals surface area contributed by atoms with Crippen LogP contribution in [0.25, 0.3) is 0 Å². The van der Waals surface area contributed by atoms with Gasteiger partial charge in [-0.3, -0.25) is 4.79 Å². The molecule has 1 fully saturated rings. The van der Waals surface area contributed by atoms with Crippen LogP contribution in [-0.4, -0.2) is 61.7 Å². The molecule has 0 unspecified atom stereocenters. The van der Waals surface area contributed by atoms with E-state index in [0.717, 1.165) is 0 Å². The second-order valence-corrected chi connectivity index (χ2v) is 7.06. The monoisotopic (exact) mass is 314 g/mol. The van der Waals surface area contributed by atoms with E-state index in [1.165, 1.54) is 4.31 Å². The fraction of sp³-hybridized carbons (Fsp3) is 0.909. The lowest BCUT2D eigenvalue weighted by atomic mass is 9.97. The standard InChI is InChI=1S/C11H20F2N2O4S/c1-2-20(18,19)15-5-3-9(4-6-15)10(17)14-7-11(12,13)8-16/h9,16H,2-8H2,1H3,(H,14,17). The Bertz CT molecular complexity index is 434. The van der Waals surface area contributed by atoms with Crippen LogP contribution < -0.4 is 5.32 Å². The summed E-state index contributed by atoms with van der Waals surface area (Å²) in [5.74, 6) is -4.31. The van der Waals surface area contributed by atoms with Crippen molar-refractivity contribution in [3.8, 4) is 0 Å². The molecule has 0 aromatic rings. The number of aliphatic hydroxyl groups excluding tert-OH is 1. The van der Waals surface area contributed by atoms with Crippen LogP contribution in [0.4, 0.5) is 8.78 Å².